The summed E-state index contributed by atoms with van der Waals surface area (Å²) in [5.41, 5.74) is 0.943. The largest absolute Gasteiger partial charge is 0.496 e. The quantitative estimate of drug-likeness (QED) is 0.852. The average Bonchev–Trinajstić information content (AvgIpc) is 2.85. The van der Waals surface area contributed by atoms with E-state index in [4.69, 9.17) is 14.4 Å². The minimum absolute atomic E-state index is 0.00632. The Labute approximate surface area is 110 Å². The fourth-order valence-corrected chi connectivity index (χ4v) is 1.69. The maximum Gasteiger partial charge on any atom is 0.303 e. The van der Waals surface area contributed by atoms with Crippen molar-refractivity contribution in [2.75, 3.05) is 7.11 Å². The van der Waals surface area contributed by atoms with E-state index in [1.165, 1.54) is 0 Å². The van der Waals surface area contributed by atoms with Crippen molar-refractivity contribution < 1.29 is 19.2 Å². The van der Waals surface area contributed by atoms with Crippen LogP contribution in [0.2, 0.25) is 0 Å². The molecular formula is C13H14N2O4. The molecule has 19 heavy (non-hydrogen) atoms. The van der Waals surface area contributed by atoms with E-state index in [2.05, 4.69) is 10.1 Å². The van der Waals surface area contributed by atoms with E-state index in [0.717, 1.165) is 11.3 Å². The first-order valence-corrected chi connectivity index (χ1v) is 5.84. The standard InChI is InChI=1S/C13H14N2O4/c1-18-10-5-3-2-4-9(10)8-12-14-11(15-19-12)6-7-13(16)17/h2-5H,6-8H2,1H3,(H,16,17). The lowest BCUT2D eigenvalue weighted by Crippen LogP contribution is -1.99. The summed E-state index contributed by atoms with van der Waals surface area (Å²) in [7, 11) is 1.60. The van der Waals surface area contributed by atoms with Gasteiger partial charge in [0.15, 0.2) is 5.82 Å². The Balaban J connectivity index is 2.05. The summed E-state index contributed by atoms with van der Waals surface area (Å²) in [6, 6.07) is 7.56. The van der Waals surface area contributed by atoms with E-state index in [1.54, 1.807) is 7.11 Å². The third-order valence-electron chi connectivity index (χ3n) is 2.61. The van der Waals surface area contributed by atoms with Crippen LogP contribution in [0.15, 0.2) is 28.8 Å². The molecule has 0 saturated heterocycles. The van der Waals surface area contributed by atoms with Gasteiger partial charge in [0.2, 0.25) is 5.89 Å². The van der Waals surface area contributed by atoms with Gasteiger partial charge in [0.1, 0.15) is 5.75 Å². The highest BCUT2D eigenvalue weighted by molar-refractivity contribution is 5.66. The third-order valence-corrected chi connectivity index (χ3v) is 2.61. The summed E-state index contributed by atoms with van der Waals surface area (Å²) in [6.07, 6.45) is 0.725. The summed E-state index contributed by atoms with van der Waals surface area (Å²) in [4.78, 5) is 14.6. The number of hydrogen-bond acceptors (Lipinski definition) is 5. The predicted octanol–water partition coefficient (Wildman–Crippen LogP) is 1.69. The molecule has 0 bridgehead atoms. The number of nitrogens with zero attached hydrogens (tertiary/aromatic N) is 2. The molecule has 1 N–H and O–H groups in total. The molecule has 0 radical (unpaired) electrons. The number of hydrogen-bond donors (Lipinski definition) is 1. The van der Waals surface area contributed by atoms with Crippen LogP contribution in [-0.2, 0) is 17.6 Å². The first-order chi connectivity index (χ1) is 9.19. The number of para-hydroxylation sites is 1. The molecule has 2 aromatic rings. The monoisotopic (exact) mass is 262 g/mol. The third kappa shape index (κ3) is 3.54. The van der Waals surface area contributed by atoms with Crippen LogP contribution in [0.1, 0.15) is 23.7 Å². The molecule has 0 unspecified atom stereocenters. The SMILES string of the molecule is COc1ccccc1Cc1nc(CCC(=O)O)no1. The van der Waals surface area contributed by atoms with Gasteiger partial charge in [-0.05, 0) is 6.07 Å². The van der Waals surface area contributed by atoms with Crippen molar-refractivity contribution in [2.24, 2.45) is 0 Å². The Hall–Kier alpha value is -2.37. The summed E-state index contributed by atoms with van der Waals surface area (Å²) in [6.45, 7) is 0. The van der Waals surface area contributed by atoms with Gasteiger partial charge in [0, 0.05) is 12.0 Å². The second kappa shape index (κ2) is 5.99. The topological polar surface area (TPSA) is 85.5 Å². The molecule has 0 fully saturated rings. The zero-order chi connectivity index (χ0) is 13.7. The summed E-state index contributed by atoms with van der Waals surface area (Å²) in [5, 5.41) is 12.3. The summed E-state index contributed by atoms with van der Waals surface area (Å²) in [5.74, 6) is 0.737. The number of rotatable bonds is 6. The van der Waals surface area contributed by atoms with E-state index in [1.807, 2.05) is 24.3 Å². The van der Waals surface area contributed by atoms with Crippen molar-refractivity contribution in [1.82, 2.24) is 10.1 Å². The van der Waals surface area contributed by atoms with Crippen LogP contribution in [-0.4, -0.2) is 28.3 Å². The number of aromatic nitrogens is 2. The fraction of sp³-hybridized carbons (Fsp3) is 0.308. The van der Waals surface area contributed by atoms with Gasteiger partial charge in [-0.25, -0.2) is 0 Å². The van der Waals surface area contributed by atoms with Crippen molar-refractivity contribution in [3.05, 3.63) is 41.5 Å². The van der Waals surface area contributed by atoms with Crippen molar-refractivity contribution in [2.45, 2.75) is 19.3 Å². The Morgan fingerprint density at radius 1 is 1.42 bits per heavy atom. The van der Waals surface area contributed by atoms with Crippen LogP contribution < -0.4 is 4.74 Å². The van der Waals surface area contributed by atoms with Crippen LogP contribution >= 0.6 is 0 Å². The number of carbonyl (C=O) groups is 1. The molecule has 0 spiro atoms. The molecule has 0 atom stereocenters. The number of methoxy groups -OCH3 is 1. The number of aryl methyl sites for hydroxylation is 1. The molecule has 0 aliphatic heterocycles. The Morgan fingerprint density at radius 3 is 2.95 bits per heavy atom. The van der Waals surface area contributed by atoms with Crippen LogP contribution in [0.5, 0.6) is 5.75 Å². The fourth-order valence-electron chi connectivity index (χ4n) is 1.69. The molecule has 1 heterocycles. The summed E-state index contributed by atoms with van der Waals surface area (Å²) < 4.78 is 10.3. The molecule has 0 aliphatic rings. The molecule has 2 rings (SSSR count). The average molecular weight is 262 g/mol. The second-order valence-electron chi connectivity index (χ2n) is 3.99. The molecule has 100 valence electrons. The van der Waals surface area contributed by atoms with Gasteiger partial charge in [-0.3, -0.25) is 4.79 Å². The highest BCUT2D eigenvalue weighted by Crippen LogP contribution is 2.20. The number of ether oxygens (including phenoxy) is 1. The van der Waals surface area contributed by atoms with E-state index in [0.29, 0.717) is 18.1 Å². The number of benzene rings is 1. The zero-order valence-electron chi connectivity index (χ0n) is 10.5. The van der Waals surface area contributed by atoms with Crippen LogP contribution in [0, 0.1) is 0 Å². The maximum absolute atomic E-state index is 10.5. The van der Waals surface area contributed by atoms with Crippen molar-refractivity contribution in [1.29, 1.82) is 0 Å². The van der Waals surface area contributed by atoms with E-state index >= 15 is 0 Å². The van der Waals surface area contributed by atoms with Crippen LogP contribution in [0.4, 0.5) is 0 Å². The van der Waals surface area contributed by atoms with Crippen molar-refractivity contribution in [3.63, 3.8) is 0 Å². The molecular weight excluding hydrogens is 248 g/mol. The first-order valence-electron chi connectivity index (χ1n) is 5.84. The second-order valence-corrected chi connectivity index (χ2v) is 3.99. The smallest absolute Gasteiger partial charge is 0.303 e. The minimum Gasteiger partial charge on any atom is -0.496 e. The van der Waals surface area contributed by atoms with Crippen LogP contribution in [0.3, 0.4) is 0 Å². The van der Waals surface area contributed by atoms with Gasteiger partial charge in [0.05, 0.1) is 20.0 Å². The van der Waals surface area contributed by atoms with Gasteiger partial charge >= 0.3 is 5.97 Å². The highest BCUT2D eigenvalue weighted by Gasteiger charge is 2.11. The molecule has 0 amide bonds. The van der Waals surface area contributed by atoms with Gasteiger partial charge < -0.3 is 14.4 Å². The molecule has 1 aromatic heterocycles. The van der Waals surface area contributed by atoms with Crippen molar-refractivity contribution >= 4 is 5.97 Å². The van der Waals surface area contributed by atoms with E-state index in [9.17, 15) is 4.79 Å². The Kier molecular flexibility index (Phi) is 4.12. The van der Waals surface area contributed by atoms with Gasteiger partial charge in [0.25, 0.3) is 0 Å². The van der Waals surface area contributed by atoms with Gasteiger partial charge in [-0.15, -0.1) is 0 Å². The zero-order valence-corrected chi connectivity index (χ0v) is 10.5. The molecule has 6 nitrogen and oxygen atoms in total. The lowest BCUT2D eigenvalue weighted by atomic mass is 10.1. The molecule has 0 aliphatic carbocycles. The highest BCUT2D eigenvalue weighted by atomic mass is 16.5. The minimum atomic E-state index is -0.879. The predicted molar refractivity (Wildman–Crippen MR) is 66.1 cm³/mol. The maximum atomic E-state index is 10.5. The molecule has 1 aromatic carbocycles. The number of aliphatic carboxylic acids is 1. The molecule has 6 heteroatoms. The number of carboxylic acid groups (broad SMARTS) is 1. The summed E-state index contributed by atoms with van der Waals surface area (Å²) >= 11 is 0. The van der Waals surface area contributed by atoms with E-state index in [-0.39, 0.29) is 12.8 Å². The molecule has 0 saturated carbocycles. The number of carboxylic acids is 1. The Bertz CT molecular complexity index is 565. The Morgan fingerprint density at radius 2 is 2.21 bits per heavy atom. The van der Waals surface area contributed by atoms with Crippen molar-refractivity contribution in [3.8, 4) is 5.75 Å². The lowest BCUT2D eigenvalue weighted by Gasteiger charge is -2.04. The van der Waals surface area contributed by atoms with Crippen LogP contribution in [0.25, 0.3) is 0 Å². The first kappa shape index (κ1) is 13.1. The van der Waals surface area contributed by atoms with Gasteiger partial charge in [-0.1, -0.05) is 23.4 Å². The van der Waals surface area contributed by atoms with E-state index < -0.39 is 5.97 Å². The van der Waals surface area contributed by atoms with Gasteiger partial charge in [-0.2, -0.15) is 4.98 Å². The lowest BCUT2D eigenvalue weighted by molar-refractivity contribution is -0.137. The normalized spacial score (nSPS) is 10.4.